The van der Waals surface area contributed by atoms with Crippen molar-refractivity contribution in [2.45, 2.75) is 59.1 Å². The monoisotopic (exact) mass is 187 g/mol. The Labute approximate surface area is 82.7 Å². The van der Waals surface area contributed by atoms with Crippen LogP contribution < -0.4 is 5.32 Å². The van der Waals surface area contributed by atoms with Crippen LogP contribution in [0.3, 0.4) is 0 Å². The summed E-state index contributed by atoms with van der Waals surface area (Å²) in [5.74, 6) is 0.784. The molecule has 0 spiro atoms. The van der Waals surface area contributed by atoms with Gasteiger partial charge in [-0.25, -0.2) is 0 Å². The van der Waals surface area contributed by atoms with E-state index >= 15 is 0 Å². The summed E-state index contributed by atoms with van der Waals surface area (Å²) in [6, 6.07) is 0.574. The summed E-state index contributed by atoms with van der Waals surface area (Å²) in [6.07, 6.45) is 3.38. The molecule has 0 aromatic rings. The van der Waals surface area contributed by atoms with Crippen LogP contribution in [0.25, 0.3) is 0 Å². The van der Waals surface area contributed by atoms with E-state index in [-0.39, 0.29) is 6.10 Å². The van der Waals surface area contributed by atoms with Crippen molar-refractivity contribution < 1.29 is 5.11 Å². The highest BCUT2D eigenvalue weighted by Gasteiger charge is 2.10. The number of aliphatic hydroxyl groups is 1. The maximum Gasteiger partial charge on any atom is 0.0636 e. The molecule has 0 rings (SSSR count). The van der Waals surface area contributed by atoms with Gasteiger partial charge in [0, 0.05) is 12.6 Å². The van der Waals surface area contributed by atoms with E-state index < -0.39 is 0 Å². The average molecular weight is 187 g/mol. The highest BCUT2D eigenvalue weighted by molar-refractivity contribution is 4.69. The van der Waals surface area contributed by atoms with Crippen LogP contribution in [0, 0.1) is 5.92 Å². The number of aliphatic hydroxyl groups excluding tert-OH is 1. The zero-order valence-corrected chi connectivity index (χ0v) is 9.51. The van der Waals surface area contributed by atoms with Gasteiger partial charge in [0.1, 0.15) is 0 Å². The number of nitrogens with one attached hydrogen (secondary N) is 1. The van der Waals surface area contributed by atoms with Crippen molar-refractivity contribution in [1.29, 1.82) is 0 Å². The minimum Gasteiger partial charge on any atom is -0.392 e. The van der Waals surface area contributed by atoms with E-state index in [1.54, 1.807) is 0 Å². The van der Waals surface area contributed by atoms with E-state index in [4.69, 9.17) is 5.11 Å². The molecule has 2 nitrogen and oxygen atoms in total. The third kappa shape index (κ3) is 7.03. The van der Waals surface area contributed by atoms with Crippen molar-refractivity contribution in [2.75, 3.05) is 6.54 Å². The summed E-state index contributed by atoms with van der Waals surface area (Å²) in [5.41, 5.74) is 0. The maximum atomic E-state index is 9.13. The summed E-state index contributed by atoms with van der Waals surface area (Å²) in [7, 11) is 0. The Balaban J connectivity index is 3.62. The van der Waals surface area contributed by atoms with Crippen LogP contribution in [-0.2, 0) is 0 Å². The van der Waals surface area contributed by atoms with E-state index in [2.05, 4.69) is 26.1 Å². The minimum atomic E-state index is -0.231. The molecule has 2 heteroatoms. The van der Waals surface area contributed by atoms with E-state index in [1.165, 1.54) is 12.8 Å². The molecule has 2 unspecified atom stereocenters. The fraction of sp³-hybridized carbons (Fsp3) is 1.00. The number of rotatable bonds is 7. The first kappa shape index (κ1) is 12.9. The second-order valence-corrected chi connectivity index (χ2v) is 4.11. The topological polar surface area (TPSA) is 32.3 Å². The largest absolute Gasteiger partial charge is 0.392 e. The zero-order valence-electron chi connectivity index (χ0n) is 9.51. The van der Waals surface area contributed by atoms with Gasteiger partial charge in [-0.3, -0.25) is 0 Å². The fourth-order valence-corrected chi connectivity index (χ4v) is 1.38. The molecular formula is C11H25NO. The van der Waals surface area contributed by atoms with Gasteiger partial charge in [0.25, 0.3) is 0 Å². The standard InChI is InChI=1S/C11H25NO/c1-5-9(3)7-11(6-2)12-8-10(4)13/h9-13H,5-8H2,1-4H3/t9?,10-,11?/m0/s1. The second-order valence-electron chi connectivity index (χ2n) is 4.11. The van der Waals surface area contributed by atoms with Crippen molar-refractivity contribution >= 4 is 0 Å². The van der Waals surface area contributed by atoms with Crippen molar-refractivity contribution in [1.82, 2.24) is 5.32 Å². The summed E-state index contributed by atoms with van der Waals surface area (Å²) in [4.78, 5) is 0. The molecule has 0 aromatic heterocycles. The van der Waals surface area contributed by atoms with E-state index in [9.17, 15) is 0 Å². The maximum absolute atomic E-state index is 9.13. The van der Waals surface area contributed by atoms with Crippen molar-refractivity contribution in [2.24, 2.45) is 5.92 Å². The SMILES string of the molecule is CCC(C)CC(CC)NC[C@H](C)O. The average Bonchev–Trinajstić information content (AvgIpc) is 2.11. The predicted octanol–water partition coefficient (Wildman–Crippen LogP) is 2.17. The minimum absolute atomic E-state index is 0.231. The van der Waals surface area contributed by atoms with Crippen LogP contribution in [0.2, 0.25) is 0 Å². The molecule has 0 radical (unpaired) electrons. The fourth-order valence-electron chi connectivity index (χ4n) is 1.38. The van der Waals surface area contributed by atoms with Gasteiger partial charge in [-0.2, -0.15) is 0 Å². The molecule has 0 heterocycles. The van der Waals surface area contributed by atoms with Gasteiger partial charge in [-0.05, 0) is 25.7 Å². The Kier molecular flexibility index (Phi) is 7.29. The highest BCUT2D eigenvalue weighted by Crippen LogP contribution is 2.11. The lowest BCUT2D eigenvalue weighted by molar-refractivity contribution is 0.182. The quantitative estimate of drug-likeness (QED) is 0.640. The molecule has 0 fully saturated rings. The third-order valence-electron chi connectivity index (χ3n) is 2.58. The van der Waals surface area contributed by atoms with Crippen LogP contribution in [-0.4, -0.2) is 23.8 Å². The van der Waals surface area contributed by atoms with E-state index in [0.29, 0.717) is 6.04 Å². The molecular weight excluding hydrogens is 162 g/mol. The van der Waals surface area contributed by atoms with Crippen LogP contribution >= 0.6 is 0 Å². The van der Waals surface area contributed by atoms with Gasteiger partial charge >= 0.3 is 0 Å². The second kappa shape index (κ2) is 7.34. The Bertz CT molecular complexity index is 115. The predicted molar refractivity (Wildman–Crippen MR) is 57.8 cm³/mol. The van der Waals surface area contributed by atoms with Gasteiger partial charge in [-0.1, -0.05) is 27.2 Å². The summed E-state index contributed by atoms with van der Waals surface area (Å²) < 4.78 is 0. The third-order valence-corrected chi connectivity index (χ3v) is 2.58. The smallest absolute Gasteiger partial charge is 0.0636 e. The van der Waals surface area contributed by atoms with Crippen LogP contribution in [0.15, 0.2) is 0 Å². The Morgan fingerprint density at radius 3 is 2.15 bits per heavy atom. The lowest BCUT2D eigenvalue weighted by Crippen LogP contribution is -2.35. The molecule has 0 saturated heterocycles. The Hall–Kier alpha value is -0.0800. The van der Waals surface area contributed by atoms with Crippen molar-refractivity contribution in [3.05, 3.63) is 0 Å². The highest BCUT2D eigenvalue weighted by atomic mass is 16.3. The number of hydrogen-bond donors (Lipinski definition) is 2. The van der Waals surface area contributed by atoms with Gasteiger partial charge < -0.3 is 10.4 Å². The lowest BCUT2D eigenvalue weighted by atomic mass is 9.98. The van der Waals surface area contributed by atoms with Gasteiger partial charge in [0.2, 0.25) is 0 Å². The van der Waals surface area contributed by atoms with Crippen LogP contribution in [0.1, 0.15) is 47.0 Å². The van der Waals surface area contributed by atoms with Crippen LogP contribution in [0.5, 0.6) is 0 Å². The Morgan fingerprint density at radius 2 is 1.77 bits per heavy atom. The first-order valence-electron chi connectivity index (χ1n) is 5.51. The molecule has 0 aromatic carbocycles. The molecule has 13 heavy (non-hydrogen) atoms. The van der Waals surface area contributed by atoms with E-state index in [1.807, 2.05) is 6.92 Å². The zero-order chi connectivity index (χ0) is 10.3. The van der Waals surface area contributed by atoms with Gasteiger partial charge in [0.05, 0.1) is 6.10 Å². The normalized spacial score (nSPS) is 18.2. The molecule has 0 aliphatic heterocycles. The molecule has 2 N–H and O–H groups in total. The first-order valence-corrected chi connectivity index (χ1v) is 5.51. The first-order chi connectivity index (χ1) is 6.10. The number of hydrogen-bond acceptors (Lipinski definition) is 2. The van der Waals surface area contributed by atoms with Gasteiger partial charge in [-0.15, -0.1) is 0 Å². The summed E-state index contributed by atoms with van der Waals surface area (Å²) >= 11 is 0. The molecule has 80 valence electrons. The van der Waals surface area contributed by atoms with Gasteiger partial charge in [0.15, 0.2) is 0 Å². The lowest BCUT2D eigenvalue weighted by Gasteiger charge is -2.21. The molecule has 3 atom stereocenters. The molecule has 0 aliphatic rings. The van der Waals surface area contributed by atoms with Crippen molar-refractivity contribution in [3.63, 3.8) is 0 Å². The molecule has 0 saturated carbocycles. The Morgan fingerprint density at radius 1 is 1.15 bits per heavy atom. The molecule has 0 aliphatic carbocycles. The molecule has 0 bridgehead atoms. The van der Waals surface area contributed by atoms with E-state index in [0.717, 1.165) is 18.9 Å². The molecule has 0 amide bonds. The van der Waals surface area contributed by atoms with Crippen LogP contribution in [0.4, 0.5) is 0 Å². The van der Waals surface area contributed by atoms with Crippen molar-refractivity contribution in [3.8, 4) is 0 Å². The summed E-state index contributed by atoms with van der Waals surface area (Å²) in [6.45, 7) is 9.25. The summed E-state index contributed by atoms with van der Waals surface area (Å²) in [5, 5.41) is 12.5.